The van der Waals surface area contributed by atoms with E-state index in [1.54, 1.807) is 6.26 Å². The van der Waals surface area contributed by atoms with Crippen LogP contribution in [0.3, 0.4) is 0 Å². The second kappa shape index (κ2) is 5.84. The van der Waals surface area contributed by atoms with Gasteiger partial charge in [0.2, 0.25) is 0 Å². The zero-order valence-corrected chi connectivity index (χ0v) is 10.9. The number of halogens is 1. The fraction of sp³-hybridized carbons (Fsp3) is 0.667. The first-order valence-corrected chi connectivity index (χ1v) is 6.65. The van der Waals surface area contributed by atoms with Crippen molar-refractivity contribution < 1.29 is 9.52 Å². The molecule has 1 aromatic rings. The molecule has 1 aliphatic rings. The Labute approximate surface area is 104 Å². The molecule has 2 rings (SSSR count). The van der Waals surface area contributed by atoms with E-state index in [0.29, 0.717) is 5.92 Å². The summed E-state index contributed by atoms with van der Waals surface area (Å²) >= 11 is 3.43. The number of rotatable bonds is 4. The molecule has 4 heteroatoms. The lowest BCUT2D eigenvalue weighted by atomic mass is 9.87. The molecule has 1 aliphatic carbocycles. The summed E-state index contributed by atoms with van der Waals surface area (Å²) < 4.78 is 6.35. The van der Waals surface area contributed by atoms with Gasteiger partial charge in [-0.1, -0.05) is 0 Å². The molecule has 2 N–H and O–H groups in total. The topological polar surface area (TPSA) is 45.4 Å². The summed E-state index contributed by atoms with van der Waals surface area (Å²) in [6.45, 7) is 1.78. The monoisotopic (exact) mass is 287 g/mol. The Morgan fingerprint density at radius 3 is 2.75 bits per heavy atom. The Morgan fingerprint density at radius 2 is 2.12 bits per heavy atom. The van der Waals surface area contributed by atoms with E-state index in [1.807, 2.05) is 6.07 Å². The summed E-state index contributed by atoms with van der Waals surface area (Å²) in [7, 11) is 0. The molecule has 1 saturated carbocycles. The molecule has 0 atom stereocenters. The van der Waals surface area contributed by atoms with Crippen LogP contribution >= 0.6 is 15.9 Å². The van der Waals surface area contributed by atoms with Crippen molar-refractivity contribution in [3.05, 3.63) is 22.6 Å². The molecule has 0 unspecified atom stereocenters. The summed E-state index contributed by atoms with van der Waals surface area (Å²) in [6, 6.07) is 1.91. The van der Waals surface area contributed by atoms with Gasteiger partial charge in [-0.05, 0) is 60.1 Å². The van der Waals surface area contributed by atoms with E-state index in [9.17, 15) is 5.11 Å². The van der Waals surface area contributed by atoms with Gasteiger partial charge in [-0.15, -0.1) is 0 Å². The third-order valence-corrected chi connectivity index (χ3v) is 3.93. The predicted octanol–water partition coefficient (Wildman–Crippen LogP) is 2.68. The van der Waals surface area contributed by atoms with Gasteiger partial charge < -0.3 is 14.8 Å². The highest BCUT2D eigenvalue weighted by atomic mass is 79.9. The van der Waals surface area contributed by atoms with E-state index >= 15 is 0 Å². The van der Waals surface area contributed by atoms with E-state index in [1.165, 1.54) is 0 Å². The zero-order chi connectivity index (χ0) is 11.4. The van der Waals surface area contributed by atoms with Crippen LogP contribution in [0.4, 0.5) is 0 Å². The van der Waals surface area contributed by atoms with Gasteiger partial charge in [0, 0.05) is 0 Å². The molecule has 0 bridgehead atoms. The fourth-order valence-corrected chi connectivity index (χ4v) is 2.53. The molecule has 1 aromatic heterocycles. The van der Waals surface area contributed by atoms with Gasteiger partial charge in [-0.2, -0.15) is 0 Å². The van der Waals surface area contributed by atoms with E-state index < -0.39 is 0 Å². The maximum absolute atomic E-state index is 9.40. The average molecular weight is 288 g/mol. The first-order valence-electron chi connectivity index (χ1n) is 5.86. The van der Waals surface area contributed by atoms with Crippen LogP contribution in [0, 0.1) is 5.92 Å². The molecule has 0 aliphatic heterocycles. The van der Waals surface area contributed by atoms with Crippen LogP contribution in [0.1, 0.15) is 31.4 Å². The number of nitrogens with one attached hydrogen (secondary N) is 1. The molecule has 0 radical (unpaired) electrons. The van der Waals surface area contributed by atoms with Gasteiger partial charge in [0.1, 0.15) is 5.76 Å². The molecule has 90 valence electrons. The van der Waals surface area contributed by atoms with Crippen molar-refractivity contribution in [2.45, 2.75) is 38.3 Å². The summed E-state index contributed by atoms with van der Waals surface area (Å²) in [5, 5.41) is 12.8. The molecular formula is C12H18BrNO2. The van der Waals surface area contributed by atoms with Gasteiger partial charge in [-0.3, -0.25) is 0 Å². The maximum Gasteiger partial charge on any atom is 0.131 e. The minimum absolute atomic E-state index is 0.0598. The van der Waals surface area contributed by atoms with Crippen LogP contribution in [-0.2, 0) is 6.54 Å². The number of aliphatic hydroxyl groups excluding tert-OH is 1. The average Bonchev–Trinajstić information content (AvgIpc) is 2.68. The zero-order valence-electron chi connectivity index (χ0n) is 9.29. The number of aliphatic hydroxyl groups is 1. The van der Waals surface area contributed by atoms with Crippen LogP contribution in [0.5, 0.6) is 0 Å². The molecule has 1 heterocycles. The standard InChI is InChI=1S/C12H18BrNO2/c13-11-5-6-16-12(11)8-14-7-9-1-3-10(15)4-2-9/h5-6,9-10,14-15H,1-4,7-8H2. The van der Waals surface area contributed by atoms with Crippen molar-refractivity contribution in [1.29, 1.82) is 0 Å². The van der Waals surface area contributed by atoms with Gasteiger partial charge in [0.15, 0.2) is 0 Å². The number of furan rings is 1. The molecule has 0 aromatic carbocycles. The Kier molecular flexibility index (Phi) is 4.44. The molecule has 0 spiro atoms. The summed E-state index contributed by atoms with van der Waals surface area (Å²) in [5.74, 6) is 1.66. The minimum Gasteiger partial charge on any atom is -0.467 e. The predicted molar refractivity (Wildman–Crippen MR) is 66.1 cm³/mol. The molecular weight excluding hydrogens is 270 g/mol. The van der Waals surface area contributed by atoms with Gasteiger partial charge in [-0.25, -0.2) is 0 Å². The van der Waals surface area contributed by atoms with Crippen LogP contribution < -0.4 is 5.32 Å². The SMILES string of the molecule is OC1CCC(CNCc2occc2Br)CC1. The van der Waals surface area contributed by atoms with Crippen molar-refractivity contribution in [3.8, 4) is 0 Å². The Hall–Kier alpha value is -0.320. The highest BCUT2D eigenvalue weighted by Crippen LogP contribution is 2.23. The summed E-state index contributed by atoms with van der Waals surface area (Å²) in [5.41, 5.74) is 0. The molecule has 0 saturated heterocycles. The van der Waals surface area contributed by atoms with Crippen molar-refractivity contribution in [1.82, 2.24) is 5.32 Å². The van der Waals surface area contributed by atoms with Gasteiger partial charge in [0.05, 0.1) is 23.4 Å². The number of hydrogen-bond acceptors (Lipinski definition) is 3. The summed E-state index contributed by atoms with van der Waals surface area (Å²) in [6.07, 6.45) is 5.81. The third-order valence-electron chi connectivity index (χ3n) is 3.23. The van der Waals surface area contributed by atoms with E-state index in [0.717, 1.165) is 49.0 Å². The number of hydrogen-bond donors (Lipinski definition) is 2. The molecule has 0 amide bonds. The minimum atomic E-state index is -0.0598. The fourth-order valence-electron chi connectivity index (χ4n) is 2.19. The Bertz CT molecular complexity index is 319. The quantitative estimate of drug-likeness (QED) is 0.895. The summed E-state index contributed by atoms with van der Waals surface area (Å²) in [4.78, 5) is 0. The lowest BCUT2D eigenvalue weighted by Crippen LogP contribution is -2.27. The van der Waals surface area contributed by atoms with Crippen molar-refractivity contribution >= 4 is 15.9 Å². The maximum atomic E-state index is 9.40. The van der Waals surface area contributed by atoms with E-state index in [4.69, 9.17) is 4.42 Å². The van der Waals surface area contributed by atoms with Crippen LogP contribution in [0.2, 0.25) is 0 Å². The lowest BCUT2D eigenvalue weighted by molar-refractivity contribution is 0.108. The first-order chi connectivity index (χ1) is 7.75. The Balaban J connectivity index is 1.67. The second-order valence-electron chi connectivity index (χ2n) is 4.50. The van der Waals surface area contributed by atoms with E-state index in [-0.39, 0.29) is 6.10 Å². The molecule has 1 fully saturated rings. The first kappa shape index (κ1) is 12.1. The molecule has 3 nitrogen and oxygen atoms in total. The van der Waals surface area contributed by atoms with Crippen LogP contribution in [0.25, 0.3) is 0 Å². The van der Waals surface area contributed by atoms with Crippen molar-refractivity contribution in [2.75, 3.05) is 6.54 Å². The second-order valence-corrected chi connectivity index (χ2v) is 5.35. The van der Waals surface area contributed by atoms with Crippen LogP contribution in [-0.4, -0.2) is 17.8 Å². The smallest absolute Gasteiger partial charge is 0.131 e. The van der Waals surface area contributed by atoms with Crippen molar-refractivity contribution in [3.63, 3.8) is 0 Å². The normalized spacial score (nSPS) is 25.9. The van der Waals surface area contributed by atoms with Crippen LogP contribution in [0.15, 0.2) is 21.2 Å². The molecule has 16 heavy (non-hydrogen) atoms. The highest BCUT2D eigenvalue weighted by molar-refractivity contribution is 9.10. The van der Waals surface area contributed by atoms with Gasteiger partial charge >= 0.3 is 0 Å². The Morgan fingerprint density at radius 1 is 1.38 bits per heavy atom. The third kappa shape index (κ3) is 3.34. The highest BCUT2D eigenvalue weighted by Gasteiger charge is 2.18. The van der Waals surface area contributed by atoms with Crippen molar-refractivity contribution in [2.24, 2.45) is 5.92 Å². The van der Waals surface area contributed by atoms with E-state index in [2.05, 4.69) is 21.2 Å². The largest absolute Gasteiger partial charge is 0.467 e. The lowest BCUT2D eigenvalue weighted by Gasteiger charge is -2.25. The van der Waals surface area contributed by atoms with Gasteiger partial charge in [0.25, 0.3) is 0 Å².